The topological polar surface area (TPSA) is 84.9 Å². The third-order valence-electron chi connectivity index (χ3n) is 2.00. The van der Waals surface area contributed by atoms with Gasteiger partial charge in [-0.3, -0.25) is 4.79 Å². The van der Waals surface area contributed by atoms with E-state index < -0.39 is 6.03 Å². The van der Waals surface area contributed by atoms with Gasteiger partial charge in [0.25, 0.3) is 0 Å². The molecule has 0 saturated heterocycles. The Balaban J connectivity index is 2.85. The molecule has 1 aliphatic rings. The highest BCUT2D eigenvalue weighted by Gasteiger charge is 2.12. The Morgan fingerprint density at radius 2 is 2.07 bits per heavy atom. The predicted octanol–water partition coefficient (Wildman–Crippen LogP) is -0.156. The minimum Gasteiger partial charge on any atom is -0.396 e. The average molecular weight is 189 g/mol. The van der Waals surface area contributed by atoms with Crippen LogP contribution in [0.25, 0.3) is 0 Å². The van der Waals surface area contributed by atoms with Gasteiger partial charge in [-0.25, -0.2) is 4.79 Å². The molecule has 1 aromatic rings. The maximum Gasteiger partial charge on any atom is 0.368 e. The number of hydrogen-bond donors (Lipinski definition) is 1. The number of hydrogen-bond acceptors (Lipinski definition) is 3. The number of urea groups is 1. The van der Waals surface area contributed by atoms with Crippen molar-refractivity contribution in [2.75, 3.05) is 5.73 Å². The van der Waals surface area contributed by atoms with E-state index in [1.54, 1.807) is 12.1 Å². The lowest BCUT2D eigenvalue weighted by Gasteiger charge is -1.98. The molecule has 0 saturated carbocycles. The first-order valence-electron chi connectivity index (χ1n) is 4.00. The van der Waals surface area contributed by atoms with E-state index in [0.29, 0.717) is 16.3 Å². The van der Waals surface area contributed by atoms with Crippen LogP contribution in [-0.2, 0) is 0 Å². The molecule has 70 valence electrons. The molecule has 0 fully saturated rings. The van der Waals surface area contributed by atoms with Gasteiger partial charge in [-0.15, -0.1) is 0 Å². The molecule has 0 spiro atoms. The number of nitrogens with two attached hydrogens (primary N) is 1. The van der Waals surface area contributed by atoms with E-state index in [-0.39, 0.29) is 11.5 Å². The number of amides is 2. The SMILES string of the molecule is CC(=O)c1ccc2c(c1N)=NC(=O)N=2. The quantitative estimate of drug-likeness (QED) is 0.492. The Kier molecular flexibility index (Phi) is 1.67. The minimum absolute atomic E-state index is 0.153. The average Bonchev–Trinajstić information content (AvgIpc) is 2.46. The summed E-state index contributed by atoms with van der Waals surface area (Å²) >= 11 is 0. The summed E-state index contributed by atoms with van der Waals surface area (Å²) in [4.78, 5) is 29.2. The Labute approximate surface area is 79.0 Å². The van der Waals surface area contributed by atoms with Crippen LogP contribution in [0, 0.1) is 0 Å². The zero-order valence-corrected chi connectivity index (χ0v) is 7.44. The van der Waals surface area contributed by atoms with Crippen LogP contribution in [0.2, 0.25) is 0 Å². The Bertz CT molecular complexity index is 560. The highest BCUT2D eigenvalue weighted by atomic mass is 16.2. The maximum atomic E-state index is 11.1. The number of rotatable bonds is 1. The van der Waals surface area contributed by atoms with Crippen LogP contribution < -0.4 is 16.4 Å². The Hall–Kier alpha value is -2.04. The lowest BCUT2D eigenvalue weighted by Crippen LogP contribution is -2.27. The first kappa shape index (κ1) is 8.55. The number of fused-ring (bicyclic) bond motifs is 1. The Morgan fingerprint density at radius 3 is 2.71 bits per heavy atom. The second kappa shape index (κ2) is 2.73. The number of ketones is 1. The number of benzene rings is 1. The summed E-state index contributed by atoms with van der Waals surface area (Å²) in [6.07, 6.45) is 0. The van der Waals surface area contributed by atoms with Crippen LogP contribution in [-0.4, -0.2) is 11.8 Å². The summed E-state index contributed by atoms with van der Waals surface area (Å²) in [6.45, 7) is 1.41. The van der Waals surface area contributed by atoms with Gasteiger partial charge in [0, 0.05) is 5.56 Å². The normalized spacial score (nSPS) is 13.1. The van der Waals surface area contributed by atoms with Crippen LogP contribution in [0.15, 0.2) is 22.1 Å². The second-order valence-electron chi connectivity index (χ2n) is 2.96. The van der Waals surface area contributed by atoms with Crippen molar-refractivity contribution < 1.29 is 9.59 Å². The van der Waals surface area contributed by atoms with E-state index >= 15 is 0 Å². The first-order valence-corrected chi connectivity index (χ1v) is 4.00. The van der Waals surface area contributed by atoms with E-state index in [9.17, 15) is 9.59 Å². The lowest BCUT2D eigenvalue weighted by molar-refractivity contribution is 0.101. The van der Waals surface area contributed by atoms with Gasteiger partial charge in [-0.05, 0) is 19.1 Å². The van der Waals surface area contributed by atoms with Crippen molar-refractivity contribution in [3.8, 4) is 0 Å². The zero-order valence-electron chi connectivity index (χ0n) is 7.44. The monoisotopic (exact) mass is 189 g/mol. The van der Waals surface area contributed by atoms with Crippen molar-refractivity contribution in [2.24, 2.45) is 9.98 Å². The summed E-state index contributed by atoms with van der Waals surface area (Å²) in [5.74, 6) is -0.153. The van der Waals surface area contributed by atoms with Crippen LogP contribution in [0.4, 0.5) is 10.5 Å². The van der Waals surface area contributed by atoms with E-state index in [4.69, 9.17) is 5.73 Å². The summed E-state index contributed by atoms with van der Waals surface area (Å²) in [6, 6.07) is 2.54. The molecule has 2 rings (SSSR count). The summed E-state index contributed by atoms with van der Waals surface area (Å²) in [5.41, 5.74) is 6.27. The van der Waals surface area contributed by atoms with E-state index in [1.165, 1.54) is 6.92 Å². The molecule has 0 unspecified atom stereocenters. The molecule has 0 bridgehead atoms. The van der Waals surface area contributed by atoms with Gasteiger partial charge in [0.2, 0.25) is 0 Å². The molecule has 1 aliphatic heterocycles. The smallest absolute Gasteiger partial charge is 0.368 e. The second-order valence-corrected chi connectivity index (χ2v) is 2.96. The molecule has 5 nitrogen and oxygen atoms in total. The summed E-state index contributed by atoms with van der Waals surface area (Å²) < 4.78 is 0. The van der Waals surface area contributed by atoms with Gasteiger partial charge in [0.1, 0.15) is 5.36 Å². The molecular formula is C9H7N3O2. The molecule has 2 amide bonds. The van der Waals surface area contributed by atoms with Crippen molar-refractivity contribution >= 4 is 17.5 Å². The molecule has 0 aromatic heterocycles. The van der Waals surface area contributed by atoms with Crippen molar-refractivity contribution in [2.45, 2.75) is 6.92 Å². The molecule has 5 heteroatoms. The molecule has 2 N–H and O–H groups in total. The Morgan fingerprint density at radius 1 is 1.36 bits per heavy atom. The molecule has 1 aromatic carbocycles. The third kappa shape index (κ3) is 1.10. The van der Waals surface area contributed by atoms with Crippen molar-refractivity contribution in [3.05, 3.63) is 28.4 Å². The fraction of sp³-hybridized carbons (Fsp3) is 0.111. The predicted molar refractivity (Wildman–Crippen MR) is 48.6 cm³/mol. The number of anilines is 1. The first-order chi connectivity index (χ1) is 6.59. The zero-order chi connectivity index (χ0) is 10.3. The van der Waals surface area contributed by atoms with Crippen LogP contribution in [0.5, 0.6) is 0 Å². The van der Waals surface area contributed by atoms with Crippen molar-refractivity contribution in [1.29, 1.82) is 0 Å². The van der Waals surface area contributed by atoms with Gasteiger partial charge >= 0.3 is 6.03 Å². The van der Waals surface area contributed by atoms with E-state index in [1.807, 2.05) is 0 Å². The molecule has 0 radical (unpaired) electrons. The largest absolute Gasteiger partial charge is 0.396 e. The minimum atomic E-state index is -0.576. The molecule has 0 atom stereocenters. The van der Waals surface area contributed by atoms with Crippen molar-refractivity contribution in [3.63, 3.8) is 0 Å². The summed E-state index contributed by atoms with van der Waals surface area (Å²) in [5, 5.41) is 0.736. The summed E-state index contributed by atoms with van der Waals surface area (Å²) in [7, 11) is 0. The highest BCUT2D eigenvalue weighted by molar-refractivity contribution is 5.99. The standard InChI is InChI=1S/C9H7N3O2/c1-4(13)5-2-3-6-8(7(5)10)12-9(14)11-6/h2-3H,10H2,1H3. The van der Waals surface area contributed by atoms with Crippen LogP contribution in [0.3, 0.4) is 0 Å². The number of nitrogen functional groups attached to an aromatic ring is 1. The van der Waals surface area contributed by atoms with Gasteiger partial charge in [-0.2, -0.15) is 9.98 Å². The van der Waals surface area contributed by atoms with Gasteiger partial charge in [0.05, 0.1) is 11.0 Å². The van der Waals surface area contributed by atoms with Crippen LogP contribution >= 0.6 is 0 Å². The highest BCUT2D eigenvalue weighted by Crippen LogP contribution is 2.05. The molecule has 0 aliphatic carbocycles. The lowest BCUT2D eigenvalue weighted by atomic mass is 10.1. The fourth-order valence-corrected chi connectivity index (χ4v) is 1.33. The van der Waals surface area contributed by atoms with E-state index in [2.05, 4.69) is 9.98 Å². The van der Waals surface area contributed by atoms with Gasteiger partial charge in [-0.1, -0.05) is 0 Å². The molecular weight excluding hydrogens is 182 g/mol. The third-order valence-corrected chi connectivity index (χ3v) is 2.00. The molecule has 1 heterocycles. The number of Topliss-reactive ketones (excluding diaryl/α,β-unsaturated/α-hetero) is 1. The van der Waals surface area contributed by atoms with Gasteiger partial charge < -0.3 is 5.73 Å². The van der Waals surface area contributed by atoms with Crippen molar-refractivity contribution in [1.82, 2.24) is 0 Å². The van der Waals surface area contributed by atoms with Crippen LogP contribution in [0.1, 0.15) is 17.3 Å². The number of carbonyl (C=O) groups excluding carboxylic acids is 2. The fourth-order valence-electron chi connectivity index (χ4n) is 1.33. The number of carbonyl (C=O) groups is 2. The number of nitrogens with zero attached hydrogens (tertiary/aromatic N) is 2. The van der Waals surface area contributed by atoms with E-state index in [0.717, 1.165) is 0 Å². The van der Waals surface area contributed by atoms with Gasteiger partial charge in [0.15, 0.2) is 5.78 Å². The molecule has 14 heavy (non-hydrogen) atoms. The maximum absolute atomic E-state index is 11.1.